The van der Waals surface area contributed by atoms with Gasteiger partial charge in [-0.1, -0.05) is 0 Å². The van der Waals surface area contributed by atoms with Crippen molar-refractivity contribution >= 4 is 17.3 Å². The summed E-state index contributed by atoms with van der Waals surface area (Å²) < 4.78 is 7.62. The Bertz CT molecular complexity index is 577. The molecule has 0 atom stereocenters. The van der Waals surface area contributed by atoms with Gasteiger partial charge in [0, 0.05) is 25.5 Å². The van der Waals surface area contributed by atoms with E-state index in [1.165, 1.54) is 0 Å². The molecule has 96 valence electrons. The number of rotatable bonds is 1. The highest BCUT2D eigenvalue weighted by Crippen LogP contribution is 2.25. The predicted molar refractivity (Wildman–Crippen MR) is 69.6 cm³/mol. The van der Waals surface area contributed by atoms with Gasteiger partial charge in [0.15, 0.2) is 11.5 Å². The van der Waals surface area contributed by atoms with E-state index in [4.69, 9.17) is 10.5 Å². The first kappa shape index (κ1) is 11.3. The molecule has 0 saturated carbocycles. The quantitative estimate of drug-likeness (QED) is 0.811. The van der Waals surface area contributed by atoms with Gasteiger partial charge < -0.3 is 19.8 Å². The summed E-state index contributed by atoms with van der Waals surface area (Å²) in [5, 5.41) is 0. The van der Waals surface area contributed by atoms with Crippen LogP contribution in [-0.2, 0) is 4.74 Å². The van der Waals surface area contributed by atoms with E-state index in [0.29, 0.717) is 12.4 Å². The zero-order valence-corrected chi connectivity index (χ0v) is 10.6. The fraction of sp³-hybridized carbons (Fsp3) is 0.500. The van der Waals surface area contributed by atoms with Gasteiger partial charge >= 0.3 is 0 Å². The molecule has 2 N–H and O–H groups in total. The first-order chi connectivity index (χ1) is 8.55. The Morgan fingerprint density at radius 2 is 2.28 bits per heavy atom. The lowest BCUT2D eigenvalue weighted by Crippen LogP contribution is -2.48. The second-order valence-corrected chi connectivity index (χ2v) is 5.18. The first-order valence-electron chi connectivity index (χ1n) is 6.03. The minimum atomic E-state index is -0.173. The average molecular weight is 247 g/mol. The summed E-state index contributed by atoms with van der Waals surface area (Å²) in [7, 11) is 0. The van der Waals surface area contributed by atoms with Gasteiger partial charge in [-0.15, -0.1) is 0 Å². The summed E-state index contributed by atoms with van der Waals surface area (Å²) in [6.45, 7) is 6.44. The maximum Gasteiger partial charge on any atom is 0.180 e. The highest BCUT2D eigenvalue weighted by atomic mass is 16.5. The van der Waals surface area contributed by atoms with E-state index in [9.17, 15) is 0 Å². The van der Waals surface area contributed by atoms with E-state index in [1.807, 2.05) is 10.6 Å². The summed E-state index contributed by atoms with van der Waals surface area (Å²) >= 11 is 0. The third-order valence-electron chi connectivity index (χ3n) is 3.10. The third kappa shape index (κ3) is 1.88. The second-order valence-electron chi connectivity index (χ2n) is 5.18. The fourth-order valence-corrected chi connectivity index (χ4v) is 2.34. The molecule has 2 aromatic rings. The molecule has 6 heteroatoms. The molecular formula is C12H17N5O. The SMILES string of the molecule is CC1(C)CN(c2nc(N)cn3ccnc23)CCO1. The van der Waals surface area contributed by atoms with Crippen molar-refractivity contribution in [2.24, 2.45) is 0 Å². The number of nitrogen functional groups attached to an aromatic ring is 1. The Labute approximate surface area is 105 Å². The molecule has 1 saturated heterocycles. The number of imidazole rings is 1. The van der Waals surface area contributed by atoms with Crippen LogP contribution in [0.4, 0.5) is 11.6 Å². The lowest BCUT2D eigenvalue weighted by molar-refractivity contribution is -0.0278. The Kier molecular flexibility index (Phi) is 2.41. The minimum absolute atomic E-state index is 0.173. The van der Waals surface area contributed by atoms with Crippen molar-refractivity contribution in [1.29, 1.82) is 0 Å². The maximum atomic E-state index is 5.84. The van der Waals surface area contributed by atoms with Gasteiger partial charge in [0.25, 0.3) is 0 Å². The van der Waals surface area contributed by atoms with E-state index < -0.39 is 0 Å². The van der Waals surface area contributed by atoms with E-state index in [0.717, 1.165) is 24.6 Å². The Morgan fingerprint density at radius 1 is 1.44 bits per heavy atom. The monoisotopic (exact) mass is 247 g/mol. The van der Waals surface area contributed by atoms with Crippen LogP contribution in [0.15, 0.2) is 18.6 Å². The van der Waals surface area contributed by atoms with Gasteiger partial charge in [0.05, 0.1) is 18.4 Å². The van der Waals surface area contributed by atoms with Crippen molar-refractivity contribution in [3.05, 3.63) is 18.6 Å². The molecule has 2 aromatic heterocycles. The smallest absolute Gasteiger partial charge is 0.180 e. The average Bonchev–Trinajstić information content (AvgIpc) is 2.74. The number of nitrogens with zero attached hydrogens (tertiary/aromatic N) is 4. The number of hydrogen-bond donors (Lipinski definition) is 1. The van der Waals surface area contributed by atoms with Gasteiger partial charge in [-0.25, -0.2) is 9.97 Å². The molecule has 3 heterocycles. The van der Waals surface area contributed by atoms with Crippen LogP contribution in [0.1, 0.15) is 13.8 Å². The number of fused-ring (bicyclic) bond motifs is 1. The van der Waals surface area contributed by atoms with Crippen molar-refractivity contribution in [2.75, 3.05) is 30.3 Å². The topological polar surface area (TPSA) is 68.7 Å². The van der Waals surface area contributed by atoms with Crippen LogP contribution in [0.2, 0.25) is 0 Å². The van der Waals surface area contributed by atoms with E-state index in [1.54, 1.807) is 12.4 Å². The molecule has 0 radical (unpaired) electrons. The van der Waals surface area contributed by atoms with Gasteiger partial charge in [-0.3, -0.25) is 0 Å². The summed E-state index contributed by atoms with van der Waals surface area (Å²) in [6, 6.07) is 0. The molecule has 0 aromatic carbocycles. The number of hydrogen-bond acceptors (Lipinski definition) is 5. The van der Waals surface area contributed by atoms with Gasteiger partial charge in [-0.2, -0.15) is 0 Å². The minimum Gasteiger partial charge on any atom is -0.382 e. The van der Waals surface area contributed by atoms with Crippen molar-refractivity contribution in [2.45, 2.75) is 19.4 Å². The number of morpholine rings is 1. The maximum absolute atomic E-state index is 5.84. The Hall–Kier alpha value is -1.82. The summed E-state index contributed by atoms with van der Waals surface area (Å²) in [4.78, 5) is 11.0. The van der Waals surface area contributed by atoms with Crippen LogP contribution in [0.5, 0.6) is 0 Å². The number of anilines is 2. The van der Waals surface area contributed by atoms with Crippen LogP contribution < -0.4 is 10.6 Å². The Morgan fingerprint density at radius 3 is 3.06 bits per heavy atom. The van der Waals surface area contributed by atoms with Crippen LogP contribution in [0.3, 0.4) is 0 Å². The third-order valence-corrected chi connectivity index (χ3v) is 3.10. The zero-order chi connectivity index (χ0) is 12.8. The fourth-order valence-electron chi connectivity index (χ4n) is 2.34. The molecule has 0 spiro atoms. The first-order valence-corrected chi connectivity index (χ1v) is 6.03. The van der Waals surface area contributed by atoms with Gasteiger partial charge in [0.2, 0.25) is 0 Å². The molecule has 3 rings (SSSR count). The summed E-state index contributed by atoms with van der Waals surface area (Å²) in [5.74, 6) is 1.33. The lowest BCUT2D eigenvalue weighted by atomic mass is 10.1. The highest BCUT2D eigenvalue weighted by Gasteiger charge is 2.29. The van der Waals surface area contributed by atoms with Gasteiger partial charge in [-0.05, 0) is 13.8 Å². The van der Waals surface area contributed by atoms with E-state index >= 15 is 0 Å². The van der Waals surface area contributed by atoms with Crippen molar-refractivity contribution in [3.63, 3.8) is 0 Å². The molecule has 1 fully saturated rings. The van der Waals surface area contributed by atoms with E-state index in [2.05, 4.69) is 28.7 Å². The van der Waals surface area contributed by atoms with Crippen molar-refractivity contribution < 1.29 is 4.74 Å². The number of aromatic nitrogens is 3. The number of nitrogens with two attached hydrogens (primary N) is 1. The number of ether oxygens (including phenoxy) is 1. The predicted octanol–water partition coefficient (Wildman–Crippen LogP) is 0.927. The van der Waals surface area contributed by atoms with Crippen LogP contribution in [0.25, 0.3) is 5.65 Å². The largest absolute Gasteiger partial charge is 0.382 e. The molecule has 1 aliphatic heterocycles. The van der Waals surface area contributed by atoms with E-state index in [-0.39, 0.29) is 5.60 Å². The highest BCUT2D eigenvalue weighted by molar-refractivity contribution is 5.66. The molecule has 0 amide bonds. The standard InChI is InChI=1S/C12H17N5O/c1-12(2)8-17(5-6-18-12)11-10-14-3-4-16(10)7-9(13)15-11/h3-4,7H,5-6,8,13H2,1-2H3. The molecule has 1 aliphatic rings. The lowest BCUT2D eigenvalue weighted by Gasteiger charge is -2.38. The Balaban J connectivity index is 2.05. The van der Waals surface area contributed by atoms with Crippen molar-refractivity contribution in [3.8, 4) is 0 Å². The van der Waals surface area contributed by atoms with Crippen LogP contribution in [-0.4, -0.2) is 39.7 Å². The summed E-state index contributed by atoms with van der Waals surface area (Å²) in [5.41, 5.74) is 6.50. The van der Waals surface area contributed by atoms with Gasteiger partial charge in [0.1, 0.15) is 5.82 Å². The molecule has 0 aliphatic carbocycles. The zero-order valence-electron chi connectivity index (χ0n) is 10.6. The molecule has 6 nitrogen and oxygen atoms in total. The molecule has 0 bridgehead atoms. The normalized spacial score (nSPS) is 19.3. The van der Waals surface area contributed by atoms with Crippen LogP contribution >= 0.6 is 0 Å². The molecular weight excluding hydrogens is 230 g/mol. The van der Waals surface area contributed by atoms with Crippen LogP contribution in [0, 0.1) is 0 Å². The molecule has 0 unspecified atom stereocenters. The second kappa shape index (κ2) is 3.84. The molecule has 18 heavy (non-hydrogen) atoms. The summed E-state index contributed by atoms with van der Waals surface area (Å²) in [6.07, 6.45) is 5.41. The van der Waals surface area contributed by atoms with Crippen molar-refractivity contribution in [1.82, 2.24) is 14.4 Å².